The summed E-state index contributed by atoms with van der Waals surface area (Å²) < 4.78 is 1.59. The summed E-state index contributed by atoms with van der Waals surface area (Å²) in [7, 11) is 0. The fourth-order valence-electron chi connectivity index (χ4n) is 3.33. The van der Waals surface area contributed by atoms with E-state index in [0.29, 0.717) is 13.0 Å². The first-order chi connectivity index (χ1) is 12.8. The molecule has 7 nitrogen and oxygen atoms in total. The molecule has 0 saturated heterocycles. The molecule has 0 N–H and O–H groups in total. The van der Waals surface area contributed by atoms with Crippen LogP contribution in [0.2, 0.25) is 0 Å². The van der Waals surface area contributed by atoms with Crippen LogP contribution in [0.15, 0.2) is 54.9 Å². The number of hydrogen-bond acceptors (Lipinski definition) is 5. The van der Waals surface area contributed by atoms with Gasteiger partial charge in [0.05, 0.1) is 23.5 Å². The molecule has 0 unspecified atom stereocenters. The summed E-state index contributed by atoms with van der Waals surface area (Å²) in [5.74, 6) is 0.114. The topological polar surface area (TPSA) is 67.2 Å². The van der Waals surface area contributed by atoms with E-state index in [2.05, 4.69) is 33.4 Å². The number of hydrogen-bond donors (Lipinski definition) is 0. The maximum Gasteiger partial charge on any atom is 0.231 e. The maximum absolute atomic E-state index is 12.9. The highest BCUT2D eigenvalue weighted by Crippen LogP contribution is 2.32. The Bertz CT molecular complexity index is 891. The average molecular weight is 348 g/mol. The van der Waals surface area contributed by atoms with Gasteiger partial charge in [-0.15, -0.1) is 5.10 Å². The van der Waals surface area contributed by atoms with E-state index < -0.39 is 0 Å². The molecule has 0 saturated carbocycles. The number of benzene rings is 2. The lowest BCUT2D eigenvalue weighted by Gasteiger charge is -2.37. The van der Waals surface area contributed by atoms with Gasteiger partial charge in [-0.2, -0.15) is 0 Å². The lowest BCUT2D eigenvalue weighted by molar-refractivity contribution is -0.118. The van der Waals surface area contributed by atoms with E-state index in [1.807, 2.05) is 47.4 Å². The van der Waals surface area contributed by atoms with Gasteiger partial charge in [0.15, 0.2) is 0 Å². The zero-order valence-corrected chi connectivity index (χ0v) is 14.6. The molecule has 0 spiro atoms. The first-order valence-electron chi connectivity index (χ1n) is 8.73. The van der Waals surface area contributed by atoms with Crippen molar-refractivity contribution in [3.63, 3.8) is 0 Å². The molecular weight excluding hydrogens is 328 g/mol. The third kappa shape index (κ3) is 3.03. The molecule has 0 bridgehead atoms. The number of anilines is 2. The van der Waals surface area contributed by atoms with Gasteiger partial charge in [-0.25, -0.2) is 4.68 Å². The molecule has 1 amide bonds. The number of nitrogens with zero attached hydrogens (tertiary/aromatic N) is 6. The zero-order valence-electron chi connectivity index (χ0n) is 14.6. The quantitative estimate of drug-likeness (QED) is 0.722. The van der Waals surface area contributed by atoms with E-state index in [9.17, 15) is 4.79 Å². The first-order valence-corrected chi connectivity index (χ1v) is 8.73. The highest BCUT2D eigenvalue weighted by Gasteiger charge is 2.25. The van der Waals surface area contributed by atoms with Gasteiger partial charge in [0, 0.05) is 19.6 Å². The number of carbonyl (C=O) groups excluding carboxylic acids is 1. The molecule has 4 rings (SSSR count). The van der Waals surface area contributed by atoms with Gasteiger partial charge in [-0.05, 0) is 47.2 Å². The van der Waals surface area contributed by atoms with Crippen molar-refractivity contribution in [2.24, 2.45) is 0 Å². The Balaban J connectivity index is 1.52. The fraction of sp³-hybridized carbons (Fsp3) is 0.263. The Kier molecular flexibility index (Phi) is 4.35. The number of aromatic nitrogens is 4. The molecule has 2 aromatic carbocycles. The molecule has 0 aliphatic carbocycles. The van der Waals surface area contributed by atoms with Crippen LogP contribution in [0.1, 0.15) is 12.5 Å². The molecule has 1 aliphatic rings. The summed E-state index contributed by atoms with van der Waals surface area (Å²) in [6.45, 7) is 4.65. The summed E-state index contributed by atoms with van der Waals surface area (Å²) in [6.07, 6.45) is 1.92. The normalized spacial score (nSPS) is 13.6. The molecule has 0 atom stereocenters. The van der Waals surface area contributed by atoms with E-state index in [4.69, 9.17) is 0 Å². The Morgan fingerprint density at radius 2 is 1.81 bits per heavy atom. The van der Waals surface area contributed by atoms with Gasteiger partial charge in [-0.3, -0.25) is 4.79 Å². The highest BCUT2D eigenvalue weighted by atomic mass is 16.2. The number of carbonyl (C=O) groups is 1. The standard InChI is InChI=1S/C19H20N6O/c1-2-23-11-12-24(18-6-4-3-5-17(18)23)19(26)13-15-7-9-16(10-8-15)25-14-20-21-22-25/h3-10,14H,2,11-13H2,1H3. The second-order valence-electron chi connectivity index (χ2n) is 6.21. The van der Waals surface area contributed by atoms with Crippen molar-refractivity contribution in [2.45, 2.75) is 13.3 Å². The summed E-state index contributed by atoms with van der Waals surface area (Å²) in [5, 5.41) is 11.1. The van der Waals surface area contributed by atoms with Gasteiger partial charge in [0.25, 0.3) is 0 Å². The van der Waals surface area contributed by atoms with Gasteiger partial charge in [0.1, 0.15) is 6.33 Å². The monoisotopic (exact) mass is 348 g/mol. The van der Waals surface area contributed by atoms with Crippen molar-refractivity contribution >= 4 is 17.3 Å². The van der Waals surface area contributed by atoms with Crippen LogP contribution in [0.5, 0.6) is 0 Å². The highest BCUT2D eigenvalue weighted by molar-refractivity contribution is 5.98. The first kappa shape index (κ1) is 16.3. The Morgan fingerprint density at radius 3 is 2.50 bits per heavy atom. The molecule has 0 fully saturated rings. The van der Waals surface area contributed by atoms with Crippen LogP contribution in [0.3, 0.4) is 0 Å². The Morgan fingerprint density at radius 1 is 1.04 bits per heavy atom. The van der Waals surface area contributed by atoms with Gasteiger partial charge < -0.3 is 9.80 Å². The summed E-state index contributed by atoms with van der Waals surface area (Å²) in [6, 6.07) is 15.8. The number of likely N-dealkylation sites (N-methyl/N-ethyl adjacent to an activating group) is 1. The zero-order chi connectivity index (χ0) is 17.9. The van der Waals surface area contributed by atoms with Crippen molar-refractivity contribution in [1.82, 2.24) is 20.2 Å². The van der Waals surface area contributed by atoms with E-state index in [-0.39, 0.29) is 5.91 Å². The van der Waals surface area contributed by atoms with E-state index in [1.54, 1.807) is 11.0 Å². The van der Waals surface area contributed by atoms with Crippen LogP contribution in [-0.4, -0.2) is 45.7 Å². The fourth-order valence-corrected chi connectivity index (χ4v) is 3.33. The lowest BCUT2D eigenvalue weighted by atomic mass is 10.1. The van der Waals surface area contributed by atoms with Gasteiger partial charge in [0.2, 0.25) is 5.91 Å². The molecule has 132 valence electrons. The molecule has 1 aromatic heterocycles. The van der Waals surface area contributed by atoms with Gasteiger partial charge in [-0.1, -0.05) is 24.3 Å². The second kappa shape index (κ2) is 6.95. The largest absolute Gasteiger partial charge is 0.368 e. The summed E-state index contributed by atoms with van der Waals surface area (Å²) >= 11 is 0. The van der Waals surface area contributed by atoms with Crippen molar-refractivity contribution in [1.29, 1.82) is 0 Å². The average Bonchev–Trinajstić information content (AvgIpc) is 3.22. The van der Waals surface area contributed by atoms with Crippen molar-refractivity contribution < 1.29 is 4.79 Å². The minimum Gasteiger partial charge on any atom is -0.368 e. The van der Waals surface area contributed by atoms with E-state index >= 15 is 0 Å². The third-order valence-corrected chi connectivity index (χ3v) is 4.69. The predicted molar refractivity (Wildman–Crippen MR) is 99.5 cm³/mol. The van der Waals surface area contributed by atoms with Crippen molar-refractivity contribution in [2.75, 3.05) is 29.4 Å². The minimum atomic E-state index is 0.114. The molecule has 26 heavy (non-hydrogen) atoms. The molecule has 0 radical (unpaired) electrons. The SMILES string of the molecule is CCN1CCN(C(=O)Cc2ccc(-n3cnnn3)cc2)c2ccccc21. The van der Waals surface area contributed by atoms with E-state index in [0.717, 1.165) is 35.7 Å². The molecule has 1 aliphatic heterocycles. The predicted octanol–water partition coefficient (Wildman–Crippen LogP) is 2.08. The number of tetrazole rings is 1. The Labute approximate surface area is 151 Å². The van der Waals surface area contributed by atoms with Gasteiger partial charge >= 0.3 is 0 Å². The van der Waals surface area contributed by atoms with Crippen molar-refractivity contribution in [3.8, 4) is 5.69 Å². The van der Waals surface area contributed by atoms with Crippen LogP contribution in [0.4, 0.5) is 11.4 Å². The van der Waals surface area contributed by atoms with Crippen LogP contribution in [0, 0.1) is 0 Å². The molecule has 2 heterocycles. The molecule has 3 aromatic rings. The maximum atomic E-state index is 12.9. The number of rotatable bonds is 4. The Hall–Kier alpha value is -3.22. The molecular formula is C19H20N6O. The summed E-state index contributed by atoms with van der Waals surface area (Å²) in [4.78, 5) is 17.1. The lowest BCUT2D eigenvalue weighted by Crippen LogP contribution is -2.44. The van der Waals surface area contributed by atoms with Crippen molar-refractivity contribution in [3.05, 3.63) is 60.4 Å². The minimum absolute atomic E-state index is 0.114. The number of amides is 1. The van der Waals surface area contributed by atoms with Crippen LogP contribution in [-0.2, 0) is 11.2 Å². The van der Waals surface area contributed by atoms with Crippen LogP contribution >= 0.6 is 0 Å². The number of para-hydroxylation sites is 2. The van der Waals surface area contributed by atoms with Crippen LogP contribution < -0.4 is 9.80 Å². The second-order valence-corrected chi connectivity index (χ2v) is 6.21. The third-order valence-electron chi connectivity index (χ3n) is 4.69. The molecule has 7 heteroatoms. The number of fused-ring (bicyclic) bond motifs is 1. The van der Waals surface area contributed by atoms with Crippen LogP contribution in [0.25, 0.3) is 5.69 Å². The smallest absolute Gasteiger partial charge is 0.231 e. The van der Waals surface area contributed by atoms with E-state index in [1.165, 1.54) is 0 Å². The summed E-state index contributed by atoms with van der Waals surface area (Å²) in [5.41, 5.74) is 3.97.